The largest absolute Gasteiger partial charge is 0.354 e. The van der Waals surface area contributed by atoms with Crippen molar-refractivity contribution >= 4 is 11.9 Å². The van der Waals surface area contributed by atoms with Gasteiger partial charge in [0.25, 0.3) is 0 Å². The highest BCUT2D eigenvalue weighted by Gasteiger charge is 2.12. The molecule has 1 N–H and O–H groups in total. The Balaban J connectivity index is 2.57. The third-order valence-electron chi connectivity index (χ3n) is 2.80. The van der Waals surface area contributed by atoms with Gasteiger partial charge in [-0.15, -0.1) is 0 Å². The molecule has 1 aromatic heterocycles. The average molecular weight is 275 g/mol. The summed E-state index contributed by atoms with van der Waals surface area (Å²) in [6, 6.07) is 4.59. The number of halogens is 1. The molecule has 20 heavy (non-hydrogen) atoms. The summed E-state index contributed by atoms with van der Waals surface area (Å²) < 4.78 is 13.4. The molecule has 6 heteroatoms. The van der Waals surface area contributed by atoms with E-state index in [1.807, 2.05) is 27.9 Å². The van der Waals surface area contributed by atoms with E-state index in [1.54, 1.807) is 11.0 Å². The van der Waals surface area contributed by atoms with E-state index in [0.717, 1.165) is 5.56 Å². The fraction of sp³-hybridized carbons (Fsp3) is 0.357. The zero-order valence-electron chi connectivity index (χ0n) is 12.1. The summed E-state index contributed by atoms with van der Waals surface area (Å²) in [5.74, 6) is 1.19. The van der Waals surface area contributed by atoms with Gasteiger partial charge in [0, 0.05) is 26.2 Å². The molecule has 5 nitrogen and oxygen atoms in total. The second kappa shape index (κ2) is 5.81. The fourth-order valence-electron chi connectivity index (χ4n) is 1.76. The maximum absolute atomic E-state index is 13.4. The van der Waals surface area contributed by atoms with E-state index < -0.39 is 0 Å². The molecule has 0 aliphatic rings. The van der Waals surface area contributed by atoms with Crippen LogP contribution in [0.25, 0.3) is 11.4 Å². The summed E-state index contributed by atoms with van der Waals surface area (Å²) in [6.45, 7) is 4.57. The van der Waals surface area contributed by atoms with E-state index in [9.17, 15) is 4.39 Å². The molecule has 0 saturated heterocycles. The lowest BCUT2D eigenvalue weighted by Crippen LogP contribution is -2.16. The average Bonchev–Trinajstić information content (AvgIpc) is 2.41. The number of hydrogen-bond acceptors (Lipinski definition) is 5. The molecule has 1 aromatic carbocycles. The number of hydrogen-bond donors (Lipinski definition) is 1. The molecule has 0 aliphatic heterocycles. The van der Waals surface area contributed by atoms with E-state index in [-0.39, 0.29) is 5.82 Å². The second-order valence-corrected chi connectivity index (χ2v) is 4.67. The molecule has 0 amide bonds. The number of benzene rings is 1. The normalized spacial score (nSPS) is 10.4. The van der Waals surface area contributed by atoms with E-state index in [4.69, 9.17) is 0 Å². The minimum atomic E-state index is -0.303. The minimum absolute atomic E-state index is 0.303. The standard InChI is InChI=1S/C14H18FN5/c1-5-16-13-17-12(18-14(19-13)20(3)4)11-8-10(15)7-6-9(11)2/h6-8H,5H2,1-4H3,(H,16,17,18,19). The predicted octanol–water partition coefficient (Wildman–Crippen LogP) is 2.48. The molecule has 0 unspecified atom stereocenters. The quantitative estimate of drug-likeness (QED) is 0.929. The van der Waals surface area contributed by atoms with Crippen LogP contribution in [0.3, 0.4) is 0 Å². The summed E-state index contributed by atoms with van der Waals surface area (Å²) in [5, 5.41) is 3.06. The molecule has 106 valence electrons. The van der Waals surface area contributed by atoms with E-state index in [0.29, 0.717) is 29.8 Å². The molecule has 0 spiro atoms. The van der Waals surface area contributed by atoms with Gasteiger partial charge in [-0.25, -0.2) is 4.39 Å². The lowest BCUT2D eigenvalue weighted by atomic mass is 10.1. The fourth-order valence-corrected chi connectivity index (χ4v) is 1.76. The number of nitrogens with zero attached hydrogens (tertiary/aromatic N) is 4. The van der Waals surface area contributed by atoms with Crippen LogP contribution in [0, 0.1) is 12.7 Å². The van der Waals surface area contributed by atoms with Gasteiger partial charge in [-0.2, -0.15) is 15.0 Å². The Kier molecular flexibility index (Phi) is 4.12. The SMILES string of the molecule is CCNc1nc(-c2cc(F)ccc2C)nc(N(C)C)n1. The zero-order valence-corrected chi connectivity index (χ0v) is 12.1. The van der Waals surface area contributed by atoms with Gasteiger partial charge in [0.05, 0.1) is 0 Å². The van der Waals surface area contributed by atoms with Gasteiger partial charge in [-0.3, -0.25) is 0 Å². The van der Waals surface area contributed by atoms with Gasteiger partial charge in [0.2, 0.25) is 11.9 Å². The van der Waals surface area contributed by atoms with Crippen molar-refractivity contribution in [3.05, 3.63) is 29.6 Å². The van der Waals surface area contributed by atoms with Gasteiger partial charge >= 0.3 is 0 Å². The van der Waals surface area contributed by atoms with Crippen molar-refractivity contribution in [3.8, 4) is 11.4 Å². The Morgan fingerprint density at radius 2 is 1.95 bits per heavy atom. The van der Waals surface area contributed by atoms with Crippen LogP contribution < -0.4 is 10.2 Å². The summed E-state index contributed by atoms with van der Waals surface area (Å²) in [6.07, 6.45) is 0. The van der Waals surface area contributed by atoms with Crippen LogP contribution in [-0.2, 0) is 0 Å². The van der Waals surface area contributed by atoms with Crippen LogP contribution in [0.1, 0.15) is 12.5 Å². The molecule has 2 rings (SSSR count). The number of aryl methyl sites for hydroxylation is 1. The van der Waals surface area contributed by atoms with Crippen molar-refractivity contribution in [2.45, 2.75) is 13.8 Å². The van der Waals surface area contributed by atoms with Crippen LogP contribution in [0.15, 0.2) is 18.2 Å². The lowest BCUT2D eigenvalue weighted by Gasteiger charge is -2.14. The first kappa shape index (κ1) is 14.2. The van der Waals surface area contributed by atoms with E-state index >= 15 is 0 Å². The Morgan fingerprint density at radius 1 is 1.20 bits per heavy atom. The number of anilines is 2. The molecular weight excluding hydrogens is 257 g/mol. The van der Waals surface area contributed by atoms with Gasteiger partial charge in [-0.1, -0.05) is 6.07 Å². The van der Waals surface area contributed by atoms with Crippen LogP contribution in [-0.4, -0.2) is 35.6 Å². The van der Waals surface area contributed by atoms with Gasteiger partial charge in [0.1, 0.15) is 5.82 Å². The van der Waals surface area contributed by atoms with E-state index in [2.05, 4.69) is 20.3 Å². The maximum Gasteiger partial charge on any atom is 0.230 e. The molecule has 0 fully saturated rings. The first-order valence-corrected chi connectivity index (χ1v) is 6.45. The number of nitrogens with one attached hydrogen (secondary N) is 1. The third kappa shape index (κ3) is 3.01. The Bertz CT molecular complexity index is 613. The topological polar surface area (TPSA) is 53.9 Å². The second-order valence-electron chi connectivity index (χ2n) is 4.67. The maximum atomic E-state index is 13.4. The summed E-state index contributed by atoms with van der Waals surface area (Å²) in [4.78, 5) is 14.8. The van der Waals surface area contributed by atoms with Gasteiger partial charge in [0.15, 0.2) is 5.82 Å². The lowest BCUT2D eigenvalue weighted by molar-refractivity contribution is 0.627. The number of aromatic nitrogens is 3. The highest BCUT2D eigenvalue weighted by atomic mass is 19.1. The molecule has 0 radical (unpaired) electrons. The highest BCUT2D eigenvalue weighted by molar-refractivity contribution is 5.62. The van der Waals surface area contributed by atoms with Crippen molar-refractivity contribution < 1.29 is 4.39 Å². The summed E-state index contributed by atoms with van der Waals surface area (Å²) in [5.41, 5.74) is 1.60. The van der Waals surface area contributed by atoms with Crippen LogP contribution >= 0.6 is 0 Å². The Hall–Kier alpha value is -2.24. The van der Waals surface area contributed by atoms with Crippen LogP contribution in [0.5, 0.6) is 0 Å². The molecule has 0 aliphatic carbocycles. The summed E-state index contributed by atoms with van der Waals surface area (Å²) >= 11 is 0. The smallest absolute Gasteiger partial charge is 0.230 e. The van der Waals surface area contributed by atoms with Crippen molar-refractivity contribution in [2.75, 3.05) is 30.9 Å². The number of rotatable bonds is 4. The van der Waals surface area contributed by atoms with Gasteiger partial charge < -0.3 is 10.2 Å². The first-order chi connectivity index (χ1) is 9.51. The van der Waals surface area contributed by atoms with E-state index in [1.165, 1.54) is 12.1 Å². The zero-order chi connectivity index (χ0) is 14.7. The predicted molar refractivity (Wildman–Crippen MR) is 78.4 cm³/mol. The van der Waals surface area contributed by atoms with Crippen molar-refractivity contribution in [1.29, 1.82) is 0 Å². The monoisotopic (exact) mass is 275 g/mol. The van der Waals surface area contributed by atoms with Crippen molar-refractivity contribution in [2.24, 2.45) is 0 Å². The van der Waals surface area contributed by atoms with Crippen molar-refractivity contribution in [1.82, 2.24) is 15.0 Å². The molecule has 1 heterocycles. The third-order valence-corrected chi connectivity index (χ3v) is 2.80. The molecule has 0 bridgehead atoms. The molecular formula is C14H18FN5. The first-order valence-electron chi connectivity index (χ1n) is 6.45. The van der Waals surface area contributed by atoms with Gasteiger partial charge in [-0.05, 0) is 31.5 Å². The Morgan fingerprint density at radius 3 is 2.60 bits per heavy atom. The van der Waals surface area contributed by atoms with Crippen LogP contribution in [0.2, 0.25) is 0 Å². The minimum Gasteiger partial charge on any atom is -0.354 e. The molecule has 0 atom stereocenters. The highest BCUT2D eigenvalue weighted by Crippen LogP contribution is 2.23. The van der Waals surface area contributed by atoms with Crippen LogP contribution in [0.4, 0.5) is 16.3 Å². The summed E-state index contributed by atoms with van der Waals surface area (Å²) in [7, 11) is 3.71. The molecule has 0 saturated carbocycles. The van der Waals surface area contributed by atoms with Crippen molar-refractivity contribution in [3.63, 3.8) is 0 Å². The molecule has 2 aromatic rings. The Labute approximate surface area is 117 Å².